The van der Waals surface area contributed by atoms with Crippen LogP contribution in [0.5, 0.6) is 0 Å². The van der Waals surface area contributed by atoms with Crippen LogP contribution in [-0.4, -0.2) is 18.0 Å². The molecular formula is C10H8FNO4. The van der Waals surface area contributed by atoms with Crippen molar-refractivity contribution in [3.05, 3.63) is 45.8 Å². The summed E-state index contributed by atoms with van der Waals surface area (Å²) in [7, 11) is 1.18. The van der Waals surface area contributed by atoms with E-state index in [1.54, 1.807) is 0 Å². The zero-order valence-corrected chi connectivity index (χ0v) is 8.34. The summed E-state index contributed by atoms with van der Waals surface area (Å²) in [4.78, 5) is 20.5. The van der Waals surface area contributed by atoms with Crippen LogP contribution in [0.3, 0.4) is 0 Å². The number of esters is 1. The third kappa shape index (κ3) is 2.88. The fourth-order valence-corrected chi connectivity index (χ4v) is 0.998. The second-order valence-electron chi connectivity index (χ2n) is 2.82. The highest BCUT2D eigenvalue weighted by Crippen LogP contribution is 2.17. The molecule has 0 fully saturated rings. The first-order valence-electron chi connectivity index (χ1n) is 4.24. The largest absolute Gasteiger partial charge is 0.466 e. The van der Waals surface area contributed by atoms with Crippen molar-refractivity contribution in [3.8, 4) is 0 Å². The number of ether oxygens (including phenoxy) is 1. The molecule has 1 rings (SSSR count). The van der Waals surface area contributed by atoms with Crippen molar-refractivity contribution in [1.82, 2.24) is 0 Å². The van der Waals surface area contributed by atoms with Gasteiger partial charge in [-0.1, -0.05) is 0 Å². The van der Waals surface area contributed by atoms with E-state index in [0.717, 1.165) is 30.4 Å². The second kappa shape index (κ2) is 5.01. The third-order valence-electron chi connectivity index (χ3n) is 1.79. The highest BCUT2D eigenvalue weighted by Gasteiger charge is 2.08. The van der Waals surface area contributed by atoms with Gasteiger partial charge in [-0.15, -0.1) is 0 Å². The maximum atomic E-state index is 13.2. The number of methoxy groups -OCH3 is 1. The first-order valence-corrected chi connectivity index (χ1v) is 4.24. The molecule has 16 heavy (non-hydrogen) atoms. The van der Waals surface area contributed by atoms with Crippen LogP contribution in [0.2, 0.25) is 0 Å². The molecule has 0 heterocycles. The van der Waals surface area contributed by atoms with Gasteiger partial charge in [-0.25, -0.2) is 9.18 Å². The molecule has 0 aliphatic heterocycles. The van der Waals surface area contributed by atoms with E-state index in [9.17, 15) is 19.3 Å². The van der Waals surface area contributed by atoms with Crippen molar-refractivity contribution >= 4 is 17.7 Å². The van der Waals surface area contributed by atoms with Gasteiger partial charge in [-0.3, -0.25) is 10.1 Å². The summed E-state index contributed by atoms with van der Waals surface area (Å²) in [6.07, 6.45) is 2.11. The molecule has 0 amide bonds. The second-order valence-corrected chi connectivity index (χ2v) is 2.82. The monoisotopic (exact) mass is 225 g/mol. The summed E-state index contributed by atoms with van der Waals surface area (Å²) in [6.45, 7) is 0. The number of rotatable bonds is 3. The summed E-state index contributed by atoms with van der Waals surface area (Å²) >= 11 is 0. The van der Waals surface area contributed by atoms with Crippen LogP contribution in [0, 0.1) is 15.9 Å². The molecule has 1 aromatic carbocycles. The summed E-state index contributed by atoms with van der Waals surface area (Å²) < 4.78 is 17.5. The van der Waals surface area contributed by atoms with E-state index in [0.29, 0.717) is 0 Å². The fraction of sp³-hybridized carbons (Fsp3) is 0.100. The lowest BCUT2D eigenvalue weighted by Crippen LogP contribution is -1.94. The highest BCUT2D eigenvalue weighted by molar-refractivity contribution is 5.87. The minimum Gasteiger partial charge on any atom is -0.466 e. The molecule has 5 nitrogen and oxygen atoms in total. The average molecular weight is 225 g/mol. The molecular weight excluding hydrogens is 217 g/mol. The molecule has 0 bridgehead atoms. The number of nitro groups is 1. The number of non-ortho nitro benzene ring substituents is 1. The minimum atomic E-state index is -0.661. The smallest absolute Gasteiger partial charge is 0.330 e. The average Bonchev–Trinajstić information content (AvgIpc) is 2.27. The molecule has 0 aliphatic rings. The lowest BCUT2D eigenvalue weighted by molar-refractivity contribution is -0.384. The molecule has 0 radical (unpaired) electrons. The Morgan fingerprint density at radius 3 is 2.81 bits per heavy atom. The Bertz CT molecular complexity index is 456. The Kier molecular flexibility index (Phi) is 3.71. The summed E-state index contributed by atoms with van der Waals surface area (Å²) in [6, 6.07) is 3.05. The van der Waals surface area contributed by atoms with Gasteiger partial charge < -0.3 is 4.74 Å². The van der Waals surface area contributed by atoms with E-state index in [4.69, 9.17) is 0 Å². The van der Waals surface area contributed by atoms with E-state index < -0.39 is 16.7 Å². The van der Waals surface area contributed by atoms with Gasteiger partial charge in [0.15, 0.2) is 0 Å². The lowest BCUT2D eigenvalue weighted by Gasteiger charge is -1.97. The normalized spacial score (nSPS) is 10.4. The predicted octanol–water partition coefficient (Wildman–Crippen LogP) is 1.92. The number of carbonyl (C=O) groups is 1. The van der Waals surface area contributed by atoms with E-state index in [2.05, 4.69) is 4.74 Å². The molecule has 0 spiro atoms. The van der Waals surface area contributed by atoms with Gasteiger partial charge in [0.05, 0.1) is 12.0 Å². The third-order valence-corrected chi connectivity index (χ3v) is 1.79. The zero-order chi connectivity index (χ0) is 12.1. The highest BCUT2D eigenvalue weighted by atomic mass is 19.1. The van der Waals surface area contributed by atoms with E-state index in [1.165, 1.54) is 7.11 Å². The number of nitrogens with zero attached hydrogens (tertiary/aromatic N) is 1. The van der Waals surface area contributed by atoms with Crippen LogP contribution in [0.15, 0.2) is 24.3 Å². The quantitative estimate of drug-likeness (QED) is 0.341. The van der Waals surface area contributed by atoms with Gasteiger partial charge in [0.1, 0.15) is 5.82 Å². The number of carbonyl (C=O) groups excluding carboxylic acids is 1. The van der Waals surface area contributed by atoms with Crippen LogP contribution in [0.1, 0.15) is 5.56 Å². The zero-order valence-electron chi connectivity index (χ0n) is 8.34. The van der Waals surface area contributed by atoms with E-state index in [1.807, 2.05) is 0 Å². The van der Waals surface area contributed by atoms with Gasteiger partial charge in [-0.05, 0) is 12.1 Å². The topological polar surface area (TPSA) is 69.4 Å². The van der Waals surface area contributed by atoms with Crippen molar-refractivity contribution in [3.63, 3.8) is 0 Å². The molecule has 0 N–H and O–H groups in total. The first kappa shape index (κ1) is 11.8. The predicted molar refractivity (Wildman–Crippen MR) is 54.1 cm³/mol. The molecule has 6 heteroatoms. The van der Waals surface area contributed by atoms with Gasteiger partial charge in [0.25, 0.3) is 5.69 Å². The molecule has 0 saturated carbocycles. The van der Waals surface area contributed by atoms with Gasteiger partial charge in [-0.2, -0.15) is 0 Å². The van der Waals surface area contributed by atoms with Crippen LogP contribution >= 0.6 is 0 Å². The fourth-order valence-electron chi connectivity index (χ4n) is 0.998. The standard InChI is InChI=1S/C10H8FNO4/c1-16-10(13)5-2-7-6-8(12(14)15)3-4-9(7)11/h2-6H,1H3. The number of nitro benzene ring substituents is 1. The molecule has 84 valence electrons. The van der Waals surface area contributed by atoms with Crippen molar-refractivity contribution in [2.45, 2.75) is 0 Å². The number of benzene rings is 1. The molecule has 1 aromatic rings. The van der Waals surface area contributed by atoms with Crippen molar-refractivity contribution < 1.29 is 18.8 Å². The number of hydrogen-bond acceptors (Lipinski definition) is 4. The summed E-state index contributed by atoms with van der Waals surface area (Å²) in [5.41, 5.74) is -0.287. The Hall–Kier alpha value is -2.24. The summed E-state index contributed by atoms with van der Waals surface area (Å²) in [5, 5.41) is 10.4. The van der Waals surface area contributed by atoms with Crippen LogP contribution in [0.4, 0.5) is 10.1 Å². The molecule has 0 saturated heterocycles. The van der Waals surface area contributed by atoms with Gasteiger partial charge in [0.2, 0.25) is 0 Å². The van der Waals surface area contributed by atoms with Crippen molar-refractivity contribution in [2.24, 2.45) is 0 Å². The first-order chi connectivity index (χ1) is 7.54. The molecule has 0 aromatic heterocycles. The summed E-state index contributed by atoms with van der Waals surface area (Å²) in [5.74, 6) is -1.31. The molecule has 0 atom stereocenters. The Morgan fingerprint density at radius 2 is 2.25 bits per heavy atom. The van der Waals surface area contributed by atoms with Gasteiger partial charge in [0, 0.05) is 23.8 Å². The molecule has 0 aliphatic carbocycles. The van der Waals surface area contributed by atoms with Crippen LogP contribution < -0.4 is 0 Å². The van der Waals surface area contributed by atoms with E-state index in [-0.39, 0.29) is 11.3 Å². The maximum Gasteiger partial charge on any atom is 0.330 e. The maximum absolute atomic E-state index is 13.2. The van der Waals surface area contributed by atoms with Crippen LogP contribution in [-0.2, 0) is 9.53 Å². The SMILES string of the molecule is COC(=O)C=Cc1cc([N+](=O)[O-])ccc1F. The Balaban J connectivity index is 3.03. The number of hydrogen-bond donors (Lipinski definition) is 0. The van der Waals surface area contributed by atoms with Gasteiger partial charge >= 0.3 is 5.97 Å². The number of halogens is 1. The van der Waals surface area contributed by atoms with Crippen LogP contribution in [0.25, 0.3) is 6.08 Å². The minimum absolute atomic E-state index is 0.0420. The Morgan fingerprint density at radius 1 is 1.56 bits per heavy atom. The Labute approximate surface area is 90.3 Å². The van der Waals surface area contributed by atoms with E-state index >= 15 is 0 Å². The molecule has 0 unspecified atom stereocenters. The lowest BCUT2D eigenvalue weighted by atomic mass is 10.2. The van der Waals surface area contributed by atoms with Crippen molar-refractivity contribution in [2.75, 3.05) is 7.11 Å². The van der Waals surface area contributed by atoms with Crippen molar-refractivity contribution in [1.29, 1.82) is 0 Å².